The fourth-order valence-corrected chi connectivity index (χ4v) is 4.52. The molecule has 0 spiro atoms. The Labute approximate surface area is 161 Å². The summed E-state index contributed by atoms with van der Waals surface area (Å²) in [7, 11) is 0. The first-order valence-electron chi connectivity index (χ1n) is 9.61. The SMILES string of the molecule is O=C(c1nc(-n2cnnc2)n[nH]1)N1C[C@H]2COC[C@@]2(C(=O)N2CCCCC2)C1. The Morgan fingerprint density at radius 1 is 1.14 bits per heavy atom. The lowest BCUT2D eigenvalue weighted by atomic mass is 9.79. The highest BCUT2D eigenvalue weighted by atomic mass is 16.5. The van der Waals surface area contributed by atoms with Gasteiger partial charge in [0, 0.05) is 32.1 Å². The zero-order valence-electron chi connectivity index (χ0n) is 15.5. The van der Waals surface area contributed by atoms with E-state index in [9.17, 15) is 9.59 Å². The van der Waals surface area contributed by atoms with Crippen LogP contribution in [0.5, 0.6) is 0 Å². The van der Waals surface area contributed by atoms with E-state index in [1.165, 1.54) is 23.6 Å². The van der Waals surface area contributed by atoms with Crippen LogP contribution in [0, 0.1) is 11.3 Å². The summed E-state index contributed by atoms with van der Waals surface area (Å²) in [6, 6.07) is 0. The second-order valence-electron chi connectivity index (χ2n) is 7.76. The van der Waals surface area contributed by atoms with Crippen LogP contribution in [0.25, 0.3) is 5.95 Å². The van der Waals surface area contributed by atoms with Gasteiger partial charge in [0.15, 0.2) is 0 Å². The van der Waals surface area contributed by atoms with E-state index in [0.29, 0.717) is 32.3 Å². The number of hydrogen-bond acceptors (Lipinski definition) is 7. The predicted molar refractivity (Wildman–Crippen MR) is 94.4 cm³/mol. The third-order valence-corrected chi connectivity index (χ3v) is 6.06. The number of nitrogens with one attached hydrogen (secondary N) is 1. The summed E-state index contributed by atoms with van der Waals surface area (Å²) in [6.45, 7) is 3.32. The van der Waals surface area contributed by atoms with Gasteiger partial charge in [0.25, 0.3) is 11.9 Å². The average molecular weight is 386 g/mol. The van der Waals surface area contributed by atoms with Crippen LogP contribution in [0.1, 0.15) is 29.9 Å². The summed E-state index contributed by atoms with van der Waals surface area (Å²) < 4.78 is 7.19. The number of aromatic amines is 1. The number of H-pyrrole nitrogens is 1. The zero-order valence-corrected chi connectivity index (χ0v) is 15.5. The number of ether oxygens (including phenoxy) is 1. The van der Waals surface area contributed by atoms with Gasteiger partial charge in [-0.15, -0.1) is 15.3 Å². The number of fused-ring (bicyclic) bond motifs is 1. The lowest BCUT2D eigenvalue weighted by molar-refractivity contribution is -0.143. The summed E-state index contributed by atoms with van der Waals surface area (Å²) in [5.74, 6) is 0.339. The van der Waals surface area contributed by atoms with Gasteiger partial charge < -0.3 is 14.5 Å². The Hall–Kier alpha value is -2.82. The van der Waals surface area contributed by atoms with Crippen molar-refractivity contribution in [3.05, 3.63) is 18.5 Å². The van der Waals surface area contributed by atoms with Crippen LogP contribution in [-0.2, 0) is 9.53 Å². The number of carbonyl (C=O) groups is 2. The van der Waals surface area contributed by atoms with Crippen molar-refractivity contribution < 1.29 is 14.3 Å². The first-order valence-corrected chi connectivity index (χ1v) is 9.61. The first-order chi connectivity index (χ1) is 13.7. The van der Waals surface area contributed by atoms with Gasteiger partial charge in [0.2, 0.25) is 11.7 Å². The number of aromatic nitrogens is 6. The average Bonchev–Trinajstić information content (AvgIpc) is 3.50. The van der Waals surface area contributed by atoms with Crippen molar-refractivity contribution in [2.45, 2.75) is 19.3 Å². The molecule has 11 heteroatoms. The fourth-order valence-electron chi connectivity index (χ4n) is 4.52. The topological polar surface area (TPSA) is 122 Å². The minimum Gasteiger partial charge on any atom is -0.380 e. The molecule has 2 aromatic rings. The second-order valence-corrected chi connectivity index (χ2v) is 7.76. The maximum absolute atomic E-state index is 13.3. The number of carbonyl (C=O) groups excluding carboxylic acids is 2. The van der Waals surface area contributed by atoms with Crippen LogP contribution in [0.3, 0.4) is 0 Å². The summed E-state index contributed by atoms with van der Waals surface area (Å²) in [6.07, 6.45) is 6.17. The molecule has 5 rings (SSSR count). The molecule has 1 N–H and O–H groups in total. The van der Waals surface area contributed by atoms with E-state index >= 15 is 0 Å². The van der Waals surface area contributed by atoms with Gasteiger partial charge >= 0.3 is 0 Å². The molecule has 0 unspecified atom stereocenters. The highest BCUT2D eigenvalue weighted by Crippen LogP contribution is 2.43. The molecular weight excluding hydrogens is 364 g/mol. The van der Waals surface area contributed by atoms with E-state index in [-0.39, 0.29) is 23.6 Å². The fraction of sp³-hybridized carbons (Fsp3) is 0.647. The van der Waals surface area contributed by atoms with Gasteiger partial charge in [-0.3, -0.25) is 19.3 Å². The first kappa shape index (κ1) is 17.3. The van der Waals surface area contributed by atoms with Crippen LogP contribution < -0.4 is 0 Å². The molecular formula is C17H22N8O3. The number of amides is 2. The van der Waals surface area contributed by atoms with E-state index in [2.05, 4.69) is 25.4 Å². The Morgan fingerprint density at radius 2 is 1.93 bits per heavy atom. The van der Waals surface area contributed by atoms with E-state index in [0.717, 1.165) is 25.9 Å². The molecule has 2 aromatic heterocycles. The molecule has 28 heavy (non-hydrogen) atoms. The van der Waals surface area contributed by atoms with Crippen molar-refractivity contribution in [2.24, 2.45) is 11.3 Å². The Morgan fingerprint density at radius 3 is 2.71 bits per heavy atom. The van der Waals surface area contributed by atoms with Crippen molar-refractivity contribution in [3.63, 3.8) is 0 Å². The van der Waals surface area contributed by atoms with Gasteiger partial charge in [0.1, 0.15) is 12.7 Å². The van der Waals surface area contributed by atoms with Gasteiger partial charge in [-0.2, -0.15) is 4.98 Å². The quantitative estimate of drug-likeness (QED) is 0.753. The van der Waals surface area contributed by atoms with Crippen LogP contribution in [0.15, 0.2) is 12.7 Å². The van der Waals surface area contributed by atoms with Crippen molar-refractivity contribution in [1.82, 2.24) is 39.7 Å². The predicted octanol–water partition coefficient (Wildman–Crippen LogP) is -0.513. The molecule has 5 heterocycles. The highest BCUT2D eigenvalue weighted by molar-refractivity contribution is 5.92. The van der Waals surface area contributed by atoms with E-state index < -0.39 is 5.41 Å². The Bertz CT molecular complexity index is 875. The van der Waals surface area contributed by atoms with E-state index in [1.807, 2.05) is 4.90 Å². The highest BCUT2D eigenvalue weighted by Gasteiger charge is 2.58. The molecule has 0 saturated carbocycles. The molecule has 3 saturated heterocycles. The van der Waals surface area contributed by atoms with Gasteiger partial charge in [-0.25, -0.2) is 0 Å². The molecule has 0 radical (unpaired) electrons. The minimum atomic E-state index is -0.635. The van der Waals surface area contributed by atoms with E-state index in [1.54, 1.807) is 4.90 Å². The second kappa shape index (κ2) is 6.66. The molecule has 0 aromatic carbocycles. The largest absolute Gasteiger partial charge is 0.380 e. The maximum atomic E-state index is 13.3. The van der Waals surface area contributed by atoms with Crippen LogP contribution in [-0.4, -0.2) is 91.0 Å². The van der Waals surface area contributed by atoms with Crippen molar-refractivity contribution in [1.29, 1.82) is 0 Å². The lowest BCUT2D eigenvalue weighted by Gasteiger charge is -2.35. The van der Waals surface area contributed by atoms with Crippen LogP contribution >= 0.6 is 0 Å². The van der Waals surface area contributed by atoms with Crippen LogP contribution in [0.4, 0.5) is 0 Å². The molecule has 0 aliphatic carbocycles. The normalized spacial score (nSPS) is 27.2. The summed E-state index contributed by atoms with van der Waals surface area (Å²) in [4.78, 5) is 34.2. The van der Waals surface area contributed by atoms with Crippen molar-refractivity contribution in [3.8, 4) is 5.95 Å². The van der Waals surface area contributed by atoms with Crippen molar-refractivity contribution in [2.75, 3.05) is 39.4 Å². The minimum absolute atomic E-state index is 0.0196. The third kappa shape index (κ3) is 2.68. The Balaban J connectivity index is 1.35. The lowest BCUT2D eigenvalue weighted by Crippen LogP contribution is -2.50. The standard InChI is InChI=1S/C17H22N8O3/c26-14(13-20-16(22-21-13)25-10-18-19-11-25)24-6-12-7-28-9-17(12,8-24)15(27)23-4-2-1-3-5-23/h10-12H,1-9H2,(H,20,21,22)/t12-,17-/m0/s1. The summed E-state index contributed by atoms with van der Waals surface area (Å²) >= 11 is 0. The Kier molecular flexibility index (Phi) is 4.11. The smallest absolute Gasteiger partial charge is 0.291 e. The zero-order chi connectivity index (χ0) is 19.1. The molecule has 3 fully saturated rings. The van der Waals surface area contributed by atoms with Gasteiger partial charge in [-0.05, 0) is 19.3 Å². The number of rotatable bonds is 3. The molecule has 148 valence electrons. The van der Waals surface area contributed by atoms with E-state index in [4.69, 9.17) is 4.74 Å². The molecule has 2 amide bonds. The maximum Gasteiger partial charge on any atom is 0.291 e. The third-order valence-electron chi connectivity index (χ3n) is 6.06. The van der Waals surface area contributed by atoms with Gasteiger partial charge in [0.05, 0.1) is 18.6 Å². The molecule has 0 bridgehead atoms. The summed E-state index contributed by atoms with van der Waals surface area (Å²) in [5, 5.41) is 14.2. The van der Waals surface area contributed by atoms with Crippen LogP contribution in [0.2, 0.25) is 0 Å². The number of likely N-dealkylation sites (tertiary alicyclic amines) is 2. The number of nitrogens with zero attached hydrogens (tertiary/aromatic N) is 7. The molecule has 3 aliphatic heterocycles. The van der Waals surface area contributed by atoms with Gasteiger partial charge in [-0.1, -0.05) is 0 Å². The summed E-state index contributed by atoms with van der Waals surface area (Å²) in [5.41, 5.74) is -0.635. The van der Waals surface area contributed by atoms with Crippen molar-refractivity contribution >= 4 is 11.8 Å². The molecule has 3 aliphatic rings. The molecule has 11 nitrogen and oxygen atoms in total. The number of piperidine rings is 1. The monoisotopic (exact) mass is 386 g/mol. The number of hydrogen-bond donors (Lipinski definition) is 1. The molecule has 2 atom stereocenters.